The molecule has 0 saturated carbocycles. The van der Waals surface area contributed by atoms with Crippen molar-refractivity contribution >= 4 is 29.1 Å². The third-order valence-corrected chi connectivity index (χ3v) is 6.14. The fourth-order valence-corrected chi connectivity index (χ4v) is 4.25. The van der Waals surface area contributed by atoms with E-state index in [2.05, 4.69) is 25.5 Å². The van der Waals surface area contributed by atoms with Gasteiger partial charge in [0.1, 0.15) is 11.6 Å². The lowest BCUT2D eigenvalue weighted by Gasteiger charge is -2.38. The number of ether oxygens (including phenoxy) is 2. The molecule has 2 saturated heterocycles. The lowest BCUT2D eigenvalue weighted by atomic mass is 9.74. The summed E-state index contributed by atoms with van der Waals surface area (Å²) in [6.07, 6.45) is 1.69. The van der Waals surface area contributed by atoms with E-state index in [4.69, 9.17) is 21.7 Å². The molecule has 2 aliphatic rings. The van der Waals surface area contributed by atoms with Crippen LogP contribution in [0.5, 0.6) is 0 Å². The van der Waals surface area contributed by atoms with Crippen LogP contribution in [0.4, 0.5) is 16.2 Å². The third-order valence-electron chi connectivity index (χ3n) is 5.89. The number of aryl methyl sites for hydroxylation is 1. The molecule has 7 nitrogen and oxygen atoms in total. The molecular formula is C22H28FN5O2S. The zero-order valence-electron chi connectivity index (χ0n) is 17.7. The van der Waals surface area contributed by atoms with E-state index in [0.29, 0.717) is 44.0 Å². The molecule has 0 unspecified atom stereocenters. The average Bonchev–Trinajstić information content (AvgIpc) is 2.79. The molecular weight excluding hydrogens is 417 g/mol. The standard InChI is InChI=1S/C22H28FN5O2S/c1-16-14-19(28-8-12-30-13-9-28)26-20(25-16)27-21(31)24-15-22(6-10-29-11-7-22)17-2-4-18(23)5-3-17/h2-5,14H,6-13,15H2,1H3,(H2,24,25,26,27,31). The molecule has 2 aromatic rings. The fourth-order valence-electron chi connectivity index (χ4n) is 4.09. The Morgan fingerprint density at radius 3 is 2.48 bits per heavy atom. The maximum Gasteiger partial charge on any atom is 0.231 e. The van der Waals surface area contributed by atoms with Crippen LogP contribution in [0.1, 0.15) is 24.1 Å². The summed E-state index contributed by atoms with van der Waals surface area (Å²) in [5.74, 6) is 1.11. The van der Waals surface area contributed by atoms with E-state index >= 15 is 0 Å². The van der Waals surface area contributed by atoms with Gasteiger partial charge >= 0.3 is 0 Å². The lowest BCUT2D eigenvalue weighted by Crippen LogP contribution is -2.45. The molecule has 2 N–H and O–H groups in total. The van der Waals surface area contributed by atoms with Gasteiger partial charge in [-0.1, -0.05) is 12.1 Å². The Labute approximate surface area is 187 Å². The van der Waals surface area contributed by atoms with E-state index in [9.17, 15) is 4.39 Å². The summed E-state index contributed by atoms with van der Waals surface area (Å²) < 4.78 is 24.4. The van der Waals surface area contributed by atoms with Crippen LogP contribution in [0.3, 0.4) is 0 Å². The van der Waals surface area contributed by atoms with Crippen molar-refractivity contribution in [2.24, 2.45) is 0 Å². The Balaban J connectivity index is 1.43. The van der Waals surface area contributed by atoms with Crippen molar-refractivity contribution in [3.8, 4) is 0 Å². The highest BCUT2D eigenvalue weighted by Crippen LogP contribution is 2.34. The molecule has 0 amide bonds. The Morgan fingerprint density at radius 2 is 1.77 bits per heavy atom. The topological polar surface area (TPSA) is 71.5 Å². The first-order chi connectivity index (χ1) is 15.0. The van der Waals surface area contributed by atoms with Crippen LogP contribution in [0, 0.1) is 12.7 Å². The summed E-state index contributed by atoms with van der Waals surface area (Å²) >= 11 is 5.54. The van der Waals surface area contributed by atoms with Gasteiger partial charge < -0.3 is 25.0 Å². The number of hydrogen-bond donors (Lipinski definition) is 2. The van der Waals surface area contributed by atoms with Crippen molar-refractivity contribution in [3.63, 3.8) is 0 Å². The number of hydrogen-bond acceptors (Lipinski definition) is 6. The second-order valence-electron chi connectivity index (χ2n) is 8.00. The number of rotatable bonds is 5. The SMILES string of the molecule is Cc1cc(N2CCOCC2)nc(NC(=S)NCC2(c3ccc(F)cc3)CCOCC2)n1. The first kappa shape index (κ1) is 21.9. The molecule has 0 atom stereocenters. The third kappa shape index (κ3) is 5.47. The summed E-state index contributed by atoms with van der Waals surface area (Å²) in [5.41, 5.74) is 1.80. The van der Waals surface area contributed by atoms with E-state index in [1.807, 2.05) is 25.1 Å². The molecule has 31 heavy (non-hydrogen) atoms. The molecule has 2 aliphatic heterocycles. The minimum Gasteiger partial charge on any atom is -0.381 e. The van der Waals surface area contributed by atoms with Gasteiger partial charge in [0, 0.05) is 50.0 Å². The lowest BCUT2D eigenvalue weighted by molar-refractivity contribution is 0.0515. The highest BCUT2D eigenvalue weighted by Gasteiger charge is 2.34. The predicted octanol–water partition coefficient (Wildman–Crippen LogP) is 2.80. The molecule has 0 radical (unpaired) electrons. The van der Waals surface area contributed by atoms with Crippen molar-refractivity contribution in [1.29, 1.82) is 0 Å². The highest BCUT2D eigenvalue weighted by molar-refractivity contribution is 7.80. The predicted molar refractivity (Wildman–Crippen MR) is 122 cm³/mol. The average molecular weight is 446 g/mol. The van der Waals surface area contributed by atoms with Crippen molar-refractivity contribution in [3.05, 3.63) is 47.4 Å². The van der Waals surface area contributed by atoms with Crippen molar-refractivity contribution in [2.75, 3.05) is 56.3 Å². The summed E-state index contributed by atoms with van der Waals surface area (Å²) in [5, 5.41) is 6.92. The monoisotopic (exact) mass is 445 g/mol. The van der Waals surface area contributed by atoms with Gasteiger partial charge in [0.05, 0.1) is 13.2 Å². The normalized spacial score (nSPS) is 18.5. The van der Waals surface area contributed by atoms with Gasteiger partial charge in [-0.25, -0.2) is 9.37 Å². The van der Waals surface area contributed by atoms with Crippen LogP contribution in [-0.2, 0) is 14.9 Å². The van der Waals surface area contributed by atoms with Crippen LogP contribution in [0.2, 0.25) is 0 Å². The molecule has 1 aromatic heterocycles. The zero-order valence-corrected chi connectivity index (χ0v) is 18.5. The molecule has 0 aliphatic carbocycles. The number of nitrogens with zero attached hydrogens (tertiary/aromatic N) is 3. The van der Waals surface area contributed by atoms with Crippen LogP contribution in [-0.4, -0.2) is 61.1 Å². The van der Waals surface area contributed by atoms with Gasteiger partial charge in [-0.05, 0) is 49.7 Å². The van der Waals surface area contributed by atoms with Crippen LogP contribution >= 0.6 is 12.2 Å². The molecule has 166 valence electrons. The minimum absolute atomic E-state index is 0.163. The number of thiocarbonyl (C=S) groups is 1. The molecule has 9 heteroatoms. The Bertz CT molecular complexity index is 899. The van der Waals surface area contributed by atoms with Crippen LogP contribution in [0.25, 0.3) is 0 Å². The van der Waals surface area contributed by atoms with Crippen molar-refractivity contribution in [1.82, 2.24) is 15.3 Å². The quantitative estimate of drug-likeness (QED) is 0.681. The van der Waals surface area contributed by atoms with Gasteiger partial charge in [0.15, 0.2) is 5.11 Å². The highest BCUT2D eigenvalue weighted by atomic mass is 32.1. The first-order valence-electron chi connectivity index (χ1n) is 10.6. The fraction of sp³-hybridized carbons (Fsp3) is 0.500. The second kappa shape index (κ2) is 9.84. The minimum atomic E-state index is -0.233. The number of anilines is 2. The maximum absolute atomic E-state index is 13.4. The molecule has 0 spiro atoms. The van der Waals surface area contributed by atoms with Crippen molar-refractivity contribution < 1.29 is 13.9 Å². The Kier molecular flexibility index (Phi) is 6.94. The number of nitrogens with one attached hydrogen (secondary N) is 2. The van der Waals surface area contributed by atoms with Crippen LogP contribution in [0.15, 0.2) is 30.3 Å². The van der Waals surface area contributed by atoms with Gasteiger partial charge in [-0.3, -0.25) is 0 Å². The molecule has 1 aromatic carbocycles. The molecule has 4 rings (SSSR count). The van der Waals surface area contributed by atoms with E-state index < -0.39 is 0 Å². The molecule has 0 bridgehead atoms. The number of morpholine rings is 1. The van der Waals surface area contributed by atoms with Crippen molar-refractivity contribution in [2.45, 2.75) is 25.2 Å². The second-order valence-corrected chi connectivity index (χ2v) is 8.41. The van der Waals surface area contributed by atoms with Gasteiger partial charge in [-0.15, -0.1) is 0 Å². The maximum atomic E-state index is 13.4. The number of aromatic nitrogens is 2. The zero-order chi connectivity index (χ0) is 21.7. The number of halogens is 1. The smallest absolute Gasteiger partial charge is 0.231 e. The van der Waals surface area contributed by atoms with E-state index in [1.165, 1.54) is 12.1 Å². The number of benzene rings is 1. The van der Waals surface area contributed by atoms with E-state index in [-0.39, 0.29) is 11.2 Å². The van der Waals surface area contributed by atoms with E-state index in [1.54, 1.807) is 0 Å². The summed E-state index contributed by atoms with van der Waals surface area (Å²) in [7, 11) is 0. The Hall–Kier alpha value is -2.36. The first-order valence-corrected chi connectivity index (χ1v) is 11.0. The Morgan fingerprint density at radius 1 is 1.10 bits per heavy atom. The van der Waals surface area contributed by atoms with E-state index in [0.717, 1.165) is 43.0 Å². The van der Waals surface area contributed by atoms with Crippen LogP contribution < -0.4 is 15.5 Å². The van der Waals surface area contributed by atoms with Gasteiger partial charge in [0.2, 0.25) is 5.95 Å². The summed E-state index contributed by atoms with van der Waals surface area (Å²) in [4.78, 5) is 11.3. The van der Waals surface area contributed by atoms with Gasteiger partial charge in [-0.2, -0.15) is 4.98 Å². The molecule has 3 heterocycles. The largest absolute Gasteiger partial charge is 0.381 e. The van der Waals surface area contributed by atoms with Gasteiger partial charge in [0.25, 0.3) is 0 Å². The molecule has 2 fully saturated rings. The summed E-state index contributed by atoms with van der Waals surface area (Å²) in [6.45, 7) is 6.91. The summed E-state index contributed by atoms with van der Waals surface area (Å²) in [6, 6.07) is 8.71.